The smallest absolute Gasteiger partial charge is 0.0720 e. The van der Waals surface area contributed by atoms with Gasteiger partial charge >= 0.3 is 0 Å². The van der Waals surface area contributed by atoms with Crippen LogP contribution < -0.4 is 0 Å². The normalized spacial score (nSPS) is 13.7. The van der Waals surface area contributed by atoms with Gasteiger partial charge in [-0.15, -0.1) is 0 Å². The van der Waals surface area contributed by atoms with Crippen molar-refractivity contribution in [2.75, 3.05) is 6.61 Å². The van der Waals surface area contributed by atoms with E-state index in [0.29, 0.717) is 13.0 Å². The van der Waals surface area contributed by atoms with E-state index >= 15 is 0 Å². The molecular formula is C15H24O2. The third kappa shape index (κ3) is 4.88. The van der Waals surface area contributed by atoms with Crippen LogP contribution in [0.15, 0.2) is 24.3 Å². The quantitative estimate of drug-likeness (QED) is 0.850. The summed E-state index contributed by atoms with van der Waals surface area (Å²) in [6.45, 7) is 9.42. The Balaban J connectivity index is 2.51. The summed E-state index contributed by atoms with van der Waals surface area (Å²) < 4.78 is 5.63. The fourth-order valence-corrected chi connectivity index (χ4v) is 1.60. The molecule has 2 heteroatoms. The van der Waals surface area contributed by atoms with Crippen molar-refractivity contribution < 1.29 is 9.84 Å². The number of ether oxygens (including phenoxy) is 1. The molecule has 1 atom stereocenters. The Kier molecular flexibility index (Phi) is 5.16. The summed E-state index contributed by atoms with van der Waals surface area (Å²) >= 11 is 0. The van der Waals surface area contributed by atoms with Gasteiger partial charge in [-0.1, -0.05) is 45.0 Å². The summed E-state index contributed by atoms with van der Waals surface area (Å²) in [6.07, 6.45) is 0.808. The van der Waals surface area contributed by atoms with Crippen LogP contribution in [0.2, 0.25) is 0 Å². The summed E-state index contributed by atoms with van der Waals surface area (Å²) in [5, 5.41) is 8.78. The van der Waals surface area contributed by atoms with Gasteiger partial charge in [0.05, 0.1) is 12.7 Å². The maximum Gasteiger partial charge on any atom is 0.0720 e. The lowest BCUT2D eigenvalue weighted by Crippen LogP contribution is -2.12. The summed E-state index contributed by atoms with van der Waals surface area (Å²) in [5.74, 6) is 0. The van der Waals surface area contributed by atoms with E-state index in [-0.39, 0.29) is 18.1 Å². The van der Waals surface area contributed by atoms with Crippen LogP contribution in [0.4, 0.5) is 0 Å². The van der Waals surface area contributed by atoms with E-state index in [1.54, 1.807) is 0 Å². The van der Waals surface area contributed by atoms with Crippen LogP contribution >= 0.6 is 0 Å². The second kappa shape index (κ2) is 6.18. The number of aliphatic hydroxyl groups is 1. The van der Waals surface area contributed by atoms with Crippen molar-refractivity contribution in [1.82, 2.24) is 0 Å². The molecule has 0 aliphatic heterocycles. The first kappa shape index (κ1) is 14.2. The largest absolute Gasteiger partial charge is 0.396 e. The van der Waals surface area contributed by atoms with Crippen molar-refractivity contribution >= 4 is 0 Å². The standard InChI is InChI=1S/C15H24O2/c1-12(9-10-16)17-11-13-5-7-14(8-6-13)15(2,3)4/h5-8,12,16H,9-11H2,1-4H3. The molecule has 0 saturated carbocycles. The van der Waals surface area contributed by atoms with Crippen molar-refractivity contribution in [3.8, 4) is 0 Å². The molecule has 0 amide bonds. The zero-order valence-corrected chi connectivity index (χ0v) is 11.4. The van der Waals surface area contributed by atoms with Crippen molar-refractivity contribution in [1.29, 1.82) is 0 Å². The number of rotatable bonds is 5. The molecule has 96 valence electrons. The summed E-state index contributed by atoms with van der Waals surface area (Å²) in [5.41, 5.74) is 2.72. The Morgan fingerprint density at radius 1 is 1.18 bits per heavy atom. The van der Waals surface area contributed by atoms with Gasteiger partial charge in [0.1, 0.15) is 0 Å². The lowest BCUT2D eigenvalue weighted by atomic mass is 9.87. The van der Waals surface area contributed by atoms with Gasteiger partial charge in [0.2, 0.25) is 0 Å². The molecule has 1 unspecified atom stereocenters. The Morgan fingerprint density at radius 2 is 1.76 bits per heavy atom. The first-order valence-corrected chi connectivity index (χ1v) is 6.25. The summed E-state index contributed by atoms with van der Waals surface area (Å²) in [4.78, 5) is 0. The molecule has 0 bridgehead atoms. The van der Waals surface area contributed by atoms with Gasteiger partial charge in [-0.25, -0.2) is 0 Å². The van der Waals surface area contributed by atoms with Crippen LogP contribution in [-0.4, -0.2) is 17.8 Å². The van der Waals surface area contributed by atoms with Crippen molar-refractivity contribution in [3.05, 3.63) is 35.4 Å². The summed E-state index contributed by atoms with van der Waals surface area (Å²) in [6, 6.07) is 8.56. The van der Waals surface area contributed by atoms with Crippen LogP contribution in [0.3, 0.4) is 0 Å². The lowest BCUT2D eigenvalue weighted by molar-refractivity contribution is 0.0363. The molecule has 0 aliphatic rings. The number of benzene rings is 1. The van der Waals surface area contributed by atoms with E-state index in [1.165, 1.54) is 11.1 Å². The number of hydrogen-bond acceptors (Lipinski definition) is 2. The molecule has 1 aromatic carbocycles. The molecule has 0 spiro atoms. The molecule has 0 fully saturated rings. The van der Waals surface area contributed by atoms with Crippen molar-refractivity contribution in [2.24, 2.45) is 0 Å². The minimum atomic E-state index is 0.113. The second-order valence-corrected chi connectivity index (χ2v) is 5.58. The third-order valence-electron chi connectivity index (χ3n) is 2.89. The first-order chi connectivity index (χ1) is 7.93. The predicted molar refractivity (Wildman–Crippen MR) is 71.1 cm³/mol. The molecule has 2 nitrogen and oxygen atoms in total. The predicted octanol–water partition coefficient (Wildman–Crippen LogP) is 3.27. The maximum atomic E-state index is 8.78. The van der Waals surface area contributed by atoms with Crippen LogP contribution in [-0.2, 0) is 16.8 Å². The van der Waals surface area contributed by atoms with Gasteiger partial charge in [-0.05, 0) is 29.9 Å². The average Bonchev–Trinajstić information content (AvgIpc) is 2.26. The molecule has 0 aromatic heterocycles. The monoisotopic (exact) mass is 236 g/mol. The van der Waals surface area contributed by atoms with Crippen molar-refractivity contribution in [2.45, 2.75) is 52.2 Å². The minimum absolute atomic E-state index is 0.113. The molecule has 0 saturated heterocycles. The van der Waals surface area contributed by atoms with Gasteiger partial charge in [0.15, 0.2) is 0 Å². The van der Waals surface area contributed by atoms with Crippen molar-refractivity contribution in [3.63, 3.8) is 0 Å². The summed E-state index contributed by atoms with van der Waals surface area (Å²) in [7, 11) is 0. The Morgan fingerprint density at radius 3 is 2.24 bits per heavy atom. The highest BCUT2D eigenvalue weighted by Gasteiger charge is 2.12. The third-order valence-corrected chi connectivity index (χ3v) is 2.89. The zero-order valence-electron chi connectivity index (χ0n) is 11.4. The van der Waals surface area contributed by atoms with E-state index in [9.17, 15) is 0 Å². The molecule has 1 rings (SSSR count). The van der Waals surface area contributed by atoms with Crippen LogP contribution in [0, 0.1) is 0 Å². The van der Waals surface area contributed by atoms with Crippen LogP contribution in [0.25, 0.3) is 0 Å². The SMILES string of the molecule is CC(CCO)OCc1ccc(C(C)(C)C)cc1. The number of hydrogen-bond donors (Lipinski definition) is 1. The molecule has 1 N–H and O–H groups in total. The second-order valence-electron chi connectivity index (χ2n) is 5.58. The molecular weight excluding hydrogens is 212 g/mol. The molecule has 0 heterocycles. The molecule has 0 aliphatic carbocycles. The Bertz CT molecular complexity index is 322. The van der Waals surface area contributed by atoms with E-state index in [2.05, 4.69) is 45.0 Å². The molecule has 0 radical (unpaired) electrons. The molecule has 17 heavy (non-hydrogen) atoms. The van der Waals surface area contributed by atoms with E-state index in [1.807, 2.05) is 6.92 Å². The van der Waals surface area contributed by atoms with Gasteiger partial charge in [-0.2, -0.15) is 0 Å². The zero-order chi connectivity index (χ0) is 12.9. The first-order valence-electron chi connectivity index (χ1n) is 6.25. The van der Waals surface area contributed by atoms with Gasteiger partial charge in [-0.3, -0.25) is 0 Å². The van der Waals surface area contributed by atoms with E-state index in [4.69, 9.17) is 9.84 Å². The van der Waals surface area contributed by atoms with Crippen LogP contribution in [0.1, 0.15) is 45.2 Å². The van der Waals surface area contributed by atoms with Gasteiger partial charge < -0.3 is 9.84 Å². The average molecular weight is 236 g/mol. The van der Waals surface area contributed by atoms with E-state index < -0.39 is 0 Å². The Labute approximate surface area is 105 Å². The number of aliphatic hydroxyl groups excluding tert-OH is 1. The highest BCUT2D eigenvalue weighted by atomic mass is 16.5. The topological polar surface area (TPSA) is 29.5 Å². The maximum absolute atomic E-state index is 8.78. The highest BCUT2D eigenvalue weighted by Crippen LogP contribution is 2.22. The highest BCUT2D eigenvalue weighted by molar-refractivity contribution is 5.27. The lowest BCUT2D eigenvalue weighted by Gasteiger charge is -2.19. The fourth-order valence-electron chi connectivity index (χ4n) is 1.60. The van der Waals surface area contributed by atoms with Crippen LogP contribution in [0.5, 0.6) is 0 Å². The minimum Gasteiger partial charge on any atom is -0.396 e. The fraction of sp³-hybridized carbons (Fsp3) is 0.600. The van der Waals surface area contributed by atoms with E-state index in [0.717, 1.165) is 0 Å². The van der Waals surface area contributed by atoms with Gasteiger partial charge in [0, 0.05) is 6.61 Å². The Hall–Kier alpha value is -0.860. The van der Waals surface area contributed by atoms with Gasteiger partial charge in [0.25, 0.3) is 0 Å². The molecule has 1 aromatic rings.